The summed E-state index contributed by atoms with van der Waals surface area (Å²) >= 11 is 0. The molecule has 0 fully saturated rings. The first-order chi connectivity index (χ1) is 13.9. The van der Waals surface area contributed by atoms with Crippen LogP contribution in [0.15, 0.2) is 97.3 Å². The maximum atomic E-state index is 4.58. The van der Waals surface area contributed by atoms with Gasteiger partial charge in [-0.05, 0) is 48.5 Å². The van der Waals surface area contributed by atoms with Crippen LogP contribution in [0.1, 0.15) is 0 Å². The minimum absolute atomic E-state index is 0.900. The van der Waals surface area contributed by atoms with Gasteiger partial charge in [0.15, 0.2) is 0 Å². The van der Waals surface area contributed by atoms with Gasteiger partial charge < -0.3 is 10.6 Å². The van der Waals surface area contributed by atoms with E-state index in [1.807, 2.05) is 54.9 Å². The fourth-order valence-corrected chi connectivity index (χ4v) is 3.40. The number of anilines is 4. The summed E-state index contributed by atoms with van der Waals surface area (Å²) in [6.45, 7) is 0. The van der Waals surface area contributed by atoms with Crippen LogP contribution in [0.25, 0.3) is 21.8 Å². The highest BCUT2D eigenvalue weighted by Crippen LogP contribution is 2.34. The Morgan fingerprint density at radius 1 is 0.536 bits per heavy atom. The number of benzene rings is 3. The van der Waals surface area contributed by atoms with E-state index in [4.69, 9.17) is 0 Å². The predicted octanol–water partition coefficient (Wildman–Crippen LogP) is 6.27. The largest absolute Gasteiger partial charge is 0.354 e. The number of fused-ring (bicyclic) bond motifs is 3. The molecule has 0 unspecified atom stereocenters. The van der Waals surface area contributed by atoms with Crippen molar-refractivity contribution in [2.75, 3.05) is 10.6 Å². The third-order valence-corrected chi connectivity index (χ3v) is 4.71. The molecule has 0 saturated heterocycles. The highest BCUT2D eigenvalue weighted by molar-refractivity contribution is 6.09. The van der Waals surface area contributed by atoms with Gasteiger partial charge in [-0.3, -0.25) is 9.97 Å². The molecule has 3 aromatic carbocycles. The van der Waals surface area contributed by atoms with Gasteiger partial charge in [0.2, 0.25) is 0 Å². The van der Waals surface area contributed by atoms with Crippen LogP contribution in [-0.2, 0) is 0 Å². The molecule has 4 heteroatoms. The van der Waals surface area contributed by atoms with Crippen LogP contribution in [0, 0.1) is 0 Å². The number of para-hydroxylation sites is 3. The molecule has 0 bridgehead atoms. The first kappa shape index (κ1) is 16.3. The van der Waals surface area contributed by atoms with Crippen LogP contribution in [0.5, 0.6) is 0 Å². The van der Waals surface area contributed by atoms with E-state index in [0.717, 1.165) is 44.6 Å². The molecule has 0 aliphatic heterocycles. The second-order valence-electron chi connectivity index (χ2n) is 6.56. The van der Waals surface area contributed by atoms with Crippen LogP contribution in [0.3, 0.4) is 0 Å². The van der Waals surface area contributed by atoms with Crippen LogP contribution in [0.4, 0.5) is 22.7 Å². The van der Waals surface area contributed by atoms with E-state index < -0.39 is 0 Å². The number of nitrogens with zero attached hydrogens (tertiary/aromatic N) is 2. The normalized spacial score (nSPS) is 10.9. The Morgan fingerprint density at radius 3 is 2.04 bits per heavy atom. The first-order valence-corrected chi connectivity index (χ1v) is 9.19. The molecule has 0 amide bonds. The first-order valence-electron chi connectivity index (χ1n) is 9.19. The molecular formula is C24H18N4. The zero-order chi connectivity index (χ0) is 18.8. The Hall–Kier alpha value is -3.92. The Morgan fingerprint density at radius 2 is 1.21 bits per heavy atom. The predicted molar refractivity (Wildman–Crippen MR) is 116 cm³/mol. The van der Waals surface area contributed by atoms with E-state index in [0.29, 0.717) is 0 Å². The molecule has 5 aromatic rings. The van der Waals surface area contributed by atoms with Gasteiger partial charge in [0.05, 0.1) is 22.4 Å². The molecule has 0 saturated carbocycles. The second-order valence-corrected chi connectivity index (χ2v) is 6.56. The topological polar surface area (TPSA) is 49.8 Å². The molecule has 0 aliphatic carbocycles. The molecule has 2 N–H and O–H groups in total. The number of nitrogens with one attached hydrogen (secondary N) is 2. The van der Waals surface area contributed by atoms with Gasteiger partial charge in [0.25, 0.3) is 0 Å². The van der Waals surface area contributed by atoms with Gasteiger partial charge in [0.1, 0.15) is 0 Å². The lowest BCUT2D eigenvalue weighted by molar-refractivity contribution is 1.37. The van der Waals surface area contributed by atoms with Crippen molar-refractivity contribution in [3.63, 3.8) is 0 Å². The van der Waals surface area contributed by atoms with Gasteiger partial charge in [-0.1, -0.05) is 36.4 Å². The molecule has 2 aromatic heterocycles. The van der Waals surface area contributed by atoms with Crippen molar-refractivity contribution in [1.82, 2.24) is 9.97 Å². The summed E-state index contributed by atoms with van der Waals surface area (Å²) in [5.74, 6) is 0. The molecule has 2 heterocycles. The molecule has 0 aliphatic rings. The molecule has 0 radical (unpaired) electrons. The van der Waals surface area contributed by atoms with Gasteiger partial charge in [-0.2, -0.15) is 0 Å². The van der Waals surface area contributed by atoms with Crippen molar-refractivity contribution in [3.8, 4) is 0 Å². The van der Waals surface area contributed by atoms with Crippen molar-refractivity contribution in [3.05, 3.63) is 97.3 Å². The molecule has 0 atom stereocenters. The highest BCUT2D eigenvalue weighted by Gasteiger charge is 2.10. The Labute approximate surface area is 162 Å². The van der Waals surface area contributed by atoms with Crippen LogP contribution in [-0.4, -0.2) is 9.97 Å². The third kappa shape index (κ3) is 3.01. The molecular weight excluding hydrogens is 344 g/mol. The Kier molecular flexibility index (Phi) is 4.07. The van der Waals surface area contributed by atoms with E-state index in [9.17, 15) is 0 Å². The average molecular weight is 362 g/mol. The smallest absolute Gasteiger partial charge is 0.0985 e. The molecule has 134 valence electrons. The number of hydrogen-bond acceptors (Lipinski definition) is 4. The summed E-state index contributed by atoms with van der Waals surface area (Å²) in [7, 11) is 0. The summed E-state index contributed by atoms with van der Waals surface area (Å²) in [6, 6.07) is 28.5. The summed E-state index contributed by atoms with van der Waals surface area (Å²) in [6.07, 6.45) is 3.62. The number of rotatable bonds is 4. The summed E-state index contributed by atoms with van der Waals surface area (Å²) in [4.78, 5) is 9.11. The molecule has 5 rings (SSSR count). The van der Waals surface area contributed by atoms with E-state index in [1.165, 1.54) is 0 Å². The molecule has 4 nitrogen and oxygen atoms in total. The van der Waals surface area contributed by atoms with E-state index in [2.05, 4.69) is 63.1 Å². The fraction of sp³-hybridized carbons (Fsp3) is 0. The zero-order valence-electron chi connectivity index (χ0n) is 15.1. The second kappa shape index (κ2) is 7.00. The van der Waals surface area contributed by atoms with Gasteiger partial charge in [-0.15, -0.1) is 0 Å². The Balaban J connectivity index is 1.61. The SMILES string of the molecule is c1ccc(Nc2ccccc2Nc2cc3cccnc3c3ncccc23)cc1. The quantitative estimate of drug-likeness (QED) is 0.370. The average Bonchev–Trinajstić information content (AvgIpc) is 2.76. The van der Waals surface area contributed by atoms with Crippen molar-refractivity contribution in [2.45, 2.75) is 0 Å². The van der Waals surface area contributed by atoms with Crippen LogP contribution >= 0.6 is 0 Å². The fourth-order valence-electron chi connectivity index (χ4n) is 3.40. The van der Waals surface area contributed by atoms with E-state index in [-0.39, 0.29) is 0 Å². The van der Waals surface area contributed by atoms with Gasteiger partial charge in [0, 0.05) is 34.5 Å². The highest BCUT2D eigenvalue weighted by atomic mass is 15.0. The maximum absolute atomic E-state index is 4.58. The van der Waals surface area contributed by atoms with Crippen LogP contribution in [0.2, 0.25) is 0 Å². The van der Waals surface area contributed by atoms with E-state index >= 15 is 0 Å². The maximum Gasteiger partial charge on any atom is 0.0985 e. The van der Waals surface area contributed by atoms with Crippen molar-refractivity contribution < 1.29 is 0 Å². The summed E-state index contributed by atoms with van der Waals surface area (Å²) in [5.41, 5.74) is 5.88. The standard InChI is InChI=1S/C24H18N4/c1-2-9-18(10-3-1)27-20-12-4-5-13-21(20)28-22-16-17-8-6-14-25-23(17)24-19(22)11-7-15-26-24/h1-16,27-28H. The molecule has 0 spiro atoms. The number of hydrogen-bond donors (Lipinski definition) is 2. The van der Waals surface area contributed by atoms with Gasteiger partial charge >= 0.3 is 0 Å². The third-order valence-electron chi connectivity index (χ3n) is 4.71. The molecule has 28 heavy (non-hydrogen) atoms. The number of aromatic nitrogens is 2. The van der Waals surface area contributed by atoms with E-state index in [1.54, 1.807) is 0 Å². The lowest BCUT2D eigenvalue weighted by Gasteiger charge is -2.16. The number of pyridine rings is 2. The van der Waals surface area contributed by atoms with Crippen molar-refractivity contribution >= 4 is 44.6 Å². The summed E-state index contributed by atoms with van der Waals surface area (Å²) < 4.78 is 0. The summed E-state index contributed by atoms with van der Waals surface area (Å²) in [5, 5.41) is 9.19. The minimum atomic E-state index is 0.900. The lowest BCUT2D eigenvalue weighted by atomic mass is 10.1. The van der Waals surface area contributed by atoms with Gasteiger partial charge in [-0.25, -0.2) is 0 Å². The lowest BCUT2D eigenvalue weighted by Crippen LogP contribution is -1.98. The minimum Gasteiger partial charge on any atom is -0.354 e. The van der Waals surface area contributed by atoms with Crippen molar-refractivity contribution in [2.24, 2.45) is 0 Å². The monoisotopic (exact) mass is 362 g/mol. The van der Waals surface area contributed by atoms with Crippen LogP contribution < -0.4 is 10.6 Å². The van der Waals surface area contributed by atoms with Crippen molar-refractivity contribution in [1.29, 1.82) is 0 Å². The Bertz CT molecular complexity index is 1270. The zero-order valence-corrected chi connectivity index (χ0v) is 15.1.